The van der Waals surface area contributed by atoms with E-state index in [0.29, 0.717) is 21.4 Å². The smallest absolute Gasteiger partial charge is 0.247 e. The first-order valence-corrected chi connectivity index (χ1v) is 11.1. The van der Waals surface area contributed by atoms with E-state index in [1.807, 2.05) is 25.1 Å². The first-order chi connectivity index (χ1) is 14.8. The number of allylic oxidation sites excluding steroid dienone is 3. The maximum absolute atomic E-state index is 13.7. The van der Waals surface area contributed by atoms with Gasteiger partial charge in [-0.15, -0.1) is 0 Å². The van der Waals surface area contributed by atoms with Crippen LogP contribution in [0.15, 0.2) is 82.1 Å². The van der Waals surface area contributed by atoms with E-state index in [2.05, 4.69) is 38.7 Å². The van der Waals surface area contributed by atoms with Gasteiger partial charge in [0.2, 0.25) is 5.91 Å². The van der Waals surface area contributed by atoms with Gasteiger partial charge in [-0.3, -0.25) is 4.79 Å². The molecule has 31 heavy (non-hydrogen) atoms. The van der Waals surface area contributed by atoms with Crippen molar-refractivity contribution in [1.29, 1.82) is 0 Å². The fourth-order valence-electron chi connectivity index (χ4n) is 3.66. The average molecular weight is 484 g/mol. The summed E-state index contributed by atoms with van der Waals surface area (Å²) in [5.41, 5.74) is 11.1. The number of nitrogens with two attached hydrogens (primary N) is 1. The third kappa shape index (κ3) is 6.56. The number of rotatable bonds is 7. The molecule has 1 aliphatic carbocycles. The first-order valence-electron chi connectivity index (χ1n) is 10.3. The molecule has 6 heteroatoms. The van der Waals surface area contributed by atoms with Crippen LogP contribution in [0.2, 0.25) is 0 Å². The summed E-state index contributed by atoms with van der Waals surface area (Å²) in [5.74, 6) is -0.469. The molecule has 4 N–H and O–H groups in total. The number of amides is 1. The number of hydrogen-bond acceptors (Lipinski definition) is 3. The van der Waals surface area contributed by atoms with Crippen LogP contribution < -0.4 is 16.4 Å². The highest BCUT2D eigenvalue weighted by atomic mass is 79.9. The highest BCUT2D eigenvalue weighted by molar-refractivity contribution is 9.10. The maximum atomic E-state index is 13.7. The molecular formula is C25H27BrFN3O. The molecule has 0 aliphatic heterocycles. The second-order valence-electron chi connectivity index (χ2n) is 7.67. The minimum atomic E-state index is -0.342. The van der Waals surface area contributed by atoms with Crippen LogP contribution in [-0.4, -0.2) is 11.9 Å². The van der Waals surface area contributed by atoms with Gasteiger partial charge in [-0.2, -0.15) is 0 Å². The Hall–Kier alpha value is -2.86. The Kier molecular flexibility index (Phi) is 7.69. The minimum Gasteiger partial charge on any atom is -0.399 e. The molecule has 0 bridgehead atoms. The Morgan fingerprint density at radius 3 is 2.48 bits per heavy atom. The van der Waals surface area contributed by atoms with E-state index < -0.39 is 0 Å². The lowest BCUT2D eigenvalue weighted by Gasteiger charge is -2.13. The van der Waals surface area contributed by atoms with E-state index in [4.69, 9.17) is 5.73 Å². The summed E-state index contributed by atoms with van der Waals surface area (Å²) in [7, 11) is 0. The van der Waals surface area contributed by atoms with Crippen molar-refractivity contribution in [2.45, 2.75) is 39.2 Å². The van der Waals surface area contributed by atoms with Crippen molar-refractivity contribution in [3.05, 3.63) is 99.1 Å². The number of nitrogens with one attached hydrogen (secondary N) is 2. The van der Waals surface area contributed by atoms with Crippen molar-refractivity contribution >= 4 is 27.5 Å². The van der Waals surface area contributed by atoms with Crippen LogP contribution in [0.25, 0.3) is 0 Å². The molecule has 0 radical (unpaired) electrons. The van der Waals surface area contributed by atoms with Crippen LogP contribution in [0.3, 0.4) is 0 Å². The Balaban J connectivity index is 1.65. The monoisotopic (exact) mass is 483 g/mol. The number of halogens is 2. The molecule has 0 saturated heterocycles. The van der Waals surface area contributed by atoms with E-state index in [1.165, 1.54) is 23.3 Å². The summed E-state index contributed by atoms with van der Waals surface area (Å²) in [4.78, 5) is 12.6. The molecule has 0 fully saturated rings. The van der Waals surface area contributed by atoms with Gasteiger partial charge >= 0.3 is 0 Å². The van der Waals surface area contributed by atoms with Crippen LogP contribution in [0, 0.1) is 5.82 Å². The van der Waals surface area contributed by atoms with Crippen LogP contribution in [-0.2, 0) is 17.6 Å². The topological polar surface area (TPSA) is 67.2 Å². The van der Waals surface area contributed by atoms with Crippen molar-refractivity contribution in [3.8, 4) is 0 Å². The van der Waals surface area contributed by atoms with Crippen LogP contribution in [0.1, 0.15) is 31.4 Å². The van der Waals surface area contributed by atoms with Crippen molar-refractivity contribution in [1.82, 2.24) is 5.32 Å². The molecule has 0 unspecified atom stereocenters. The molecule has 0 spiro atoms. The molecule has 0 saturated carbocycles. The minimum absolute atomic E-state index is 0.0992. The number of fused-ring (bicyclic) bond motifs is 1. The molecule has 1 amide bonds. The summed E-state index contributed by atoms with van der Waals surface area (Å²) in [6.07, 6.45) is 7.81. The lowest BCUT2D eigenvalue weighted by Crippen LogP contribution is -2.35. The van der Waals surface area contributed by atoms with Crippen LogP contribution >= 0.6 is 15.9 Å². The fraction of sp³-hybridized carbons (Fsp3) is 0.240. The molecule has 0 aromatic heterocycles. The van der Waals surface area contributed by atoms with Gasteiger partial charge in [0, 0.05) is 33.2 Å². The molecule has 2 aromatic rings. The number of anilines is 1. The summed E-state index contributed by atoms with van der Waals surface area (Å²) in [6.45, 7) is 3.75. The standard InChI is InChI=1S/C25H27BrFN3O/c1-3-6-22(29-24-13-19(26)12-20(27)14-24)15-21(28)9-16(2)25(31)30-23-10-17-7-4-5-8-18(17)11-23/h4-9,12-15,23,29H,3,10-11,28H2,1-2H3,(H,30,31)/b16-9+,21-15+,22-6-. The largest absolute Gasteiger partial charge is 0.399 e. The van der Waals surface area contributed by atoms with Gasteiger partial charge < -0.3 is 16.4 Å². The zero-order valence-electron chi connectivity index (χ0n) is 17.7. The van der Waals surface area contributed by atoms with Gasteiger partial charge in [-0.05, 0) is 67.7 Å². The predicted molar refractivity (Wildman–Crippen MR) is 128 cm³/mol. The lowest BCUT2D eigenvalue weighted by molar-refractivity contribution is -0.118. The van der Waals surface area contributed by atoms with Gasteiger partial charge in [-0.1, -0.05) is 53.2 Å². The van der Waals surface area contributed by atoms with Crippen molar-refractivity contribution in [2.75, 3.05) is 5.32 Å². The van der Waals surface area contributed by atoms with Gasteiger partial charge in [0.15, 0.2) is 0 Å². The van der Waals surface area contributed by atoms with E-state index in [-0.39, 0.29) is 17.8 Å². The maximum Gasteiger partial charge on any atom is 0.247 e. The molecule has 162 valence electrons. The number of benzene rings is 2. The molecule has 2 aromatic carbocycles. The van der Waals surface area contributed by atoms with Gasteiger partial charge in [0.05, 0.1) is 0 Å². The highest BCUT2D eigenvalue weighted by Gasteiger charge is 2.22. The SMILES string of the molecule is CC/C=C(/C=C(N)\C=C(/C)C(=O)NC1Cc2ccccc2C1)Nc1cc(F)cc(Br)c1. The van der Waals surface area contributed by atoms with Crippen LogP contribution in [0.4, 0.5) is 10.1 Å². The summed E-state index contributed by atoms with van der Waals surface area (Å²) < 4.78 is 14.3. The third-order valence-corrected chi connectivity index (χ3v) is 5.48. The fourth-order valence-corrected chi connectivity index (χ4v) is 4.12. The van der Waals surface area contributed by atoms with Crippen LogP contribution in [0.5, 0.6) is 0 Å². The second-order valence-corrected chi connectivity index (χ2v) is 8.59. The highest BCUT2D eigenvalue weighted by Crippen LogP contribution is 2.22. The molecule has 0 heterocycles. The summed E-state index contributed by atoms with van der Waals surface area (Å²) in [6, 6.07) is 13.0. The average Bonchev–Trinajstić information content (AvgIpc) is 3.09. The normalized spacial score (nSPS) is 15.0. The van der Waals surface area contributed by atoms with Crippen molar-refractivity contribution in [2.24, 2.45) is 5.73 Å². The molecule has 4 nitrogen and oxygen atoms in total. The number of carbonyl (C=O) groups is 1. The zero-order chi connectivity index (χ0) is 22.4. The zero-order valence-corrected chi connectivity index (χ0v) is 19.3. The molecule has 1 aliphatic rings. The van der Waals surface area contributed by atoms with Crippen molar-refractivity contribution < 1.29 is 9.18 Å². The van der Waals surface area contributed by atoms with E-state index >= 15 is 0 Å². The Labute approximate surface area is 191 Å². The van der Waals surface area contributed by atoms with Gasteiger partial charge in [-0.25, -0.2) is 4.39 Å². The Bertz CT molecular complexity index is 1010. The summed E-state index contributed by atoms with van der Waals surface area (Å²) >= 11 is 3.29. The molecular weight excluding hydrogens is 457 g/mol. The van der Waals surface area contributed by atoms with Crippen molar-refractivity contribution in [3.63, 3.8) is 0 Å². The first kappa shape index (κ1) is 22.8. The van der Waals surface area contributed by atoms with Gasteiger partial charge in [0.1, 0.15) is 5.82 Å². The quantitative estimate of drug-likeness (QED) is 0.366. The van der Waals surface area contributed by atoms with E-state index in [9.17, 15) is 9.18 Å². The predicted octanol–water partition coefficient (Wildman–Crippen LogP) is 5.37. The molecule has 3 rings (SSSR count). The lowest BCUT2D eigenvalue weighted by atomic mass is 10.1. The summed E-state index contributed by atoms with van der Waals surface area (Å²) in [5, 5.41) is 6.26. The van der Waals surface area contributed by atoms with Gasteiger partial charge in [0.25, 0.3) is 0 Å². The third-order valence-electron chi connectivity index (χ3n) is 5.02. The number of hydrogen-bond donors (Lipinski definition) is 3. The Morgan fingerprint density at radius 1 is 1.19 bits per heavy atom. The molecule has 0 atom stereocenters. The van der Waals surface area contributed by atoms with E-state index in [1.54, 1.807) is 25.1 Å². The Morgan fingerprint density at radius 2 is 1.87 bits per heavy atom. The second kappa shape index (κ2) is 10.4. The number of carbonyl (C=O) groups excluding carboxylic acids is 1. The van der Waals surface area contributed by atoms with E-state index in [0.717, 1.165) is 25.0 Å².